The van der Waals surface area contributed by atoms with E-state index >= 15 is 0 Å². The zero-order chi connectivity index (χ0) is 19.7. The molecule has 138 valence electrons. The highest BCUT2D eigenvalue weighted by Crippen LogP contribution is 2.42. The lowest BCUT2D eigenvalue weighted by Crippen LogP contribution is -1.98. The third-order valence-corrected chi connectivity index (χ3v) is 4.86. The monoisotopic (exact) mass is 366 g/mol. The van der Waals surface area contributed by atoms with Gasteiger partial charge in [-0.1, -0.05) is 48.5 Å². The minimum absolute atomic E-state index is 0.703. The van der Waals surface area contributed by atoms with Crippen LogP contribution in [0.2, 0.25) is 0 Å². The fraction of sp³-hybridized carbons (Fsp3) is 0. The topological polar surface area (TPSA) is 104 Å². The van der Waals surface area contributed by atoms with Crippen LogP contribution in [0.1, 0.15) is 0 Å². The normalized spacial score (nSPS) is 10.7. The highest BCUT2D eigenvalue weighted by molar-refractivity contribution is 5.98. The van der Waals surface area contributed by atoms with Crippen LogP contribution in [0.15, 0.2) is 84.9 Å². The molecule has 0 unspecified atom stereocenters. The van der Waals surface area contributed by atoms with Crippen molar-refractivity contribution in [1.82, 2.24) is 0 Å². The summed E-state index contributed by atoms with van der Waals surface area (Å²) in [5.74, 6) is 0. The molecule has 0 amide bonds. The fourth-order valence-electron chi connectivity index (χ4n) is 3.44. The summed E-state index contributed by atoms with van der Waals surface area (Å²) in [6, 6.07) is 27.4. The first kappa shape index (κ1) is 17.5. The molecule has 0 aliphatic rings. The maximum Gasteiger partial charge on any atom is 0.0479 e. The molecule has 0 aliphatic carbocycles. The zero-order valence-corrected chi connectivity index (χ0v) is 15.4. The highest BCUT2D eigenvalue weighted by Gasteiger charge is 2.15. The first-order chi connectivity index (χ1) is 13.5. The molecule has 0 bridgehead atoms. The summed E-state index contributed by atoms with van der Waals surface area (Å²) < 4.78 is 0. The van der Waals surface area contributed by atoms with Gasteiger partial charge in [0.1, 0.15) is 0 Å². The summed E-state index contributed by atoms with van der Waals surface area (Å²) >= 11 is 0. The van der Waals surface area contributed by atoms with Crippen molar-refractivity contribution >= 4 is 22.7 Å². The Bertz CT molecular complexity index is 1130. The fourth-order valence-corrected chi connectivity index (χ4v) is 3.44. The summed E-state index contributed by atoms with van der Waals surface area (Å²) in [6.07, 6.45) is 0. The smallest absolute Gasteiger partial charge is 0.0479 e. The predicted molar refractivity (Wildman–Crippen MR) is 120 cm³/mol. The van der Waals surface area contributed by atoms with Crippen molar-refractivity contribution in [3.8, 4) is 33.4 Å². The molecule has 4 heteroatoms. The Morgan fingerprint density at radius 3 is 1.61 bits per heavy atom. The van der Waals surface area contributed by atoms with Crippen LogP contribution in [0, 0.1) is 0 Å². The Kier molecular flexibility index (Phi) is 4.38. The van der Waals surface area contributed by atoms with E-state index in [1.807, 2.05) is 78.9 Å². The van der Waals surface area contributed by atoms with E-state index in [9.17, 15) is 0 Å². The van der Waals surface area contributed by atoms with Gasteiger partial charge in [0.2, 0.25) is 0 Å². The number of hydrogen-bond acceptors (Lipinski definition) is 4. The molecule has 4 aromatic rings. The Morgan fingerprint density at radius 2 is 1.00 bits per heavy atom. The van der Waals surface area contributed by atoms with Gasteiger partial charge in [-0.2, -0.15) is 0 Å². The number of anilines is 4. The van der Waals surface area contributed by atoms with Crippen LogP contribution in [-0.2, 0) is 0 Å². The molecule has 0 aliphatic heterocycles. The summed E-state index contributed by atoms with van der Waals surface area (Å²) in [5.41, 5.74) is 33.3. The molecule has 0 fully saturated rings. The lowest BCUT2D eigenvalue weighted by atomic mass is 9.89. The molecule has 4 aromatic carbocycles. The lowest BCUT2D eigenvalue weighted by Gasteiger charge is -2.18. The summed E-state index contributed by atoms with van der Waals surface area (Å²) in [5, 5.41) is 0. The minimum atomic E-state index is 0.703. The van der Waals surface area contributed by atoms with Gasteiger partial charge in [-0.3, -0.25) is 0 Å². The van der Waals surface area contributed by atoms with Crippen LogP contribution >= 0.6 is 0 Å². The molecule has 0 heterocycles. The van der Waals surface area contributed by atoms with Gasteiger partial charge in [-0.15, -0.1) is 0 Å². The van der Waals surface area contributed by atoms with E-state index in [1.165, 1.54) is 0 Å². The Labute approximate surface area is 164 Å². The molecule has 4 rings (SSSR count). The predicted octanol–water partition coefficient (Wildman–Crippen LogP) is 5.02. The van der Waals surface area contributed by atoms with Crippen LogP contribution in [-0.4, -0.2) is 0 Å². The average molecular weight is 366 g/mol. The molecular weight excluding hydrogens is 344 g/mol. The van der Waals surface area contributed by atoms with E-state index in [4.69, 9.17) is 22.9 Å². The highest BCUT2D eigenvalue weighted by atomic mass is 14.6. The first-order valence-corrected chi connectivity index (χ1v) is 9.03. The van der Waals surface area contributed by atoms with Crippen molar-refractivity contribution in [2.45, 2.75) is 0 Å². The van der Waals surface area contributed by atoms with Gasteiger partial charge in [0.05, 0.1) is 0 Å². The van der Waals surface area contributed by atoms with E-state index in [-0.39, 0.29) is 0 Å². The molecule has 0 atom stereocenters. The van der Waals surface area contributed by atoms with Gasteiger partial charge in [-0.05, 0) is 58.7 Å². The van der Waals surface area contributed by atoms with E-state index in [1.54, 1.807) is 0 Å². The third-order valence-electron chi connectivity index (χ3n) is 4.86. The summed E-state index contributed by atoms with van der Waals surface area (Å²) in [6.45, 7) is 0. The number of rotatable bonds is 3. The van der Waals surface area contributed by atoms with Gasteiger partial charge in [-0.25, -0.2) is 0 Å². The van der Waals surface area contributed by atoms with Crippen LogP contribution in [0.3, 0.4) is 0 Å². The maximum absolute atomic E-state index is 6.71. The molecule has 0 spiro atoms. The Morgan fingerprint density at radius 1 is 0.429 bits per heavy atom. The zero-order valence-electron chi connectivity index (χ0n) is 15.4. The Balaban J connectivity index is 1.98. The van der Waals surface area contributed by atoms with Crippen LogP contribution in [0.25, 0.3) is 33.4 Å². The molecule has 0 aromatic heterocycles. The molecule has 0 radical (unpaired) electrons. The summed E-state index contributed by atoms with van der Waals surface area (Å²) in [4.78, 5) is 0. The SMILES string of the molecule is Nc1ccc(-c2ccc(-c3cccc(N)c3)c(-c3ccc(N)cc3)c2N)cc1. The molecular formula is C24H22N4. The van der Waals surface area contributed by atoms with Crippen LogP contribution in [0.5, 0.6) is 0 Å². The number of benzene rings is 4. The molecule has 0 saturated carbocycles. The number of nitrogen functional groups attached to an aromatic ring is 4. The van der Waals surface area contributed by atoms with Crippen molar-refractivity contribution in [2.75, 3.05) is 22.9 Å². The quantitative estimate of drug-likeness (QED) is 0.382. The van der Waals surface area contributed by atoms with E-state index < -0.39 is 0 Å². The van der Waals surface area contributed by atoms with Crippen LogP contribution in [0.4, 0.5) is 22.7 Å². The molecule has 28 heavy (non-hydrogen) atoms. The van der Waals surface area contributed by atoms with Gasteiger partial charge < -0.3 is 22.9 Å². The van der Waals surface area contributed by atoms with Gasteiger partial charge in [0.25, 0.3) is 0 Å². The Hall–Kier alpha value is -3.92. The molecule has 8 N–H and O–H groups in total. The molecule has 0 saturated heterocycles. The van der Waals surface area contributed by atoms with E-state index in [2.05, 4.69) is 6.07 Å². The number of hydrogen-bond donors (Lipinski definition) is 4. The average Bonchev–Trinajstić information content (AvgIpc) is 2.69. The van der Waals surface area contributed by atoms with E-state index in [0.717, 1.165) is 39.1 Å². The second kappa shape index (κ2) is 7.00. The minimum Gasteiger partial charge on any atom is -0.399 e. The van der Waals surface area contributed by atoms with Crippen molar-refractivity contribution in [3.05, 3.63) is 84.9 Å². The van der Waals surface area contributed by atoms with Crippen molar-refractivity contribution in [1.29, 1.82) is 0 Å². The second-order valence-electron chi connectivity index (χ2n) is 6.82. The largest absolute Gasteiger partial charge is 0.399 e. The van der Waals surface area contributed by atoms with E-state index in [0.29, 0.717) is 17.1 Å². The van der Waals surface area contributed by atoms with Gasteiger partial charge in [0, 0.05) is 33.9 Å². The van der Waals surface area contributed by atoms with Crippen molar-refractivity contribution < 1.29 is 0 Å². The standard InChI is InChI=1S/C24H22N4/c25-18-8-4-15(5-9-18)22-13-12-21(17-2-1-3-20(27)14-17)23(24(22)28)16-6-10-19(26)11-7-16/h1-14H,25-28H2. The third kappa shape index (κ3) is 3.23. The van der Waals surface area contributed by atoms with Gasteiger partial charge >= 0.3 is 0 Å². The molecule has 4 nitrogen and oxygen atoms in total. The first-order valence-electron chi connectivity index (χ1n) is 9.03. The van der Waals surface area contributed by atoms with Crippen LogP contribution < -0.4 is 22.9 Å². The second-order valence-corrected chi connectivity index (χ2v) is 6.82. The van der Waals surface area contributed by atoms with Gasteiger partial charge in [0.15, 0.2) is 0 Å². The van der Waals surface area contributed by atoms with Crippen molar-refractivity contribution in [2.24, 2.45) is 0 Å². The number of nitrogens with two attached hydrogens (primary N) is 4. The maximum atomic E-state index is 6.71. The summed E-state index contributed by atoms with van der Waals surface area (Å²) in [7, 11) is 0. The van der Waals surface area contributed by atoms with Crippen molar-refractivity contribution in [3.63, 3.8) is 0 Å². The lowest BCUT2D eigenvalue weighted by molar-refractivity contribution is 1.55.